The number of nitriles is 1. The summed E-state index contributed by atoms with van der Waals surface area (Å²) in [6, 6.07) is 2.10. The molecule has 0 amide bonds. The Labute approximate surface area is 93.7 Å². The van der Waals surface area contributed by atoms with Gasteiger partial charge in [-0.25, -0.2) is 0 Å². The minimum Gasteiger partial charge on any atom is -0.197 e. The van der Waals surface area contributed by atoms with Gasteiger partial charge < -0.3 is 0 Å². The molecule has 0 spiro atoms. The van der Waals surface area contributed by atoms with E-state index >= 15 is 0 Å². The molecular weight excluding hydrogens is 218 g/mol. The summed E-state index contributed by atoms with van der Waals surface area (Å²) in [5.74, 6) is 0.499. The first kappa shape index (κ1) is 11.4. The zero-order valence-electron chi connectivity index (χ0n) is 7.49. The molecule has 0 heterocycles. The first-order valence-corrected chi connectivity index (χ1v) is 6.80. The van der Waals surface area contributed by atoms with Gasteiger partial charge >= 0.3 is 0 Å². The van der Waals surface area contributed by atoms with Crippen molar-refractivity contribution in [2.75, 3.05) is 5.75 Å². The number of thioether (sulfide) groups is 2. The van der Waals surface area contributed by atoms with Crippen LogP contribution in [0.1, 0.15) is 32.1 Å². The van der Waals surface area contributed by atoms with Crippen LogP contribution >= 0.6 is 35.7 Å². The van der Waals surface area contributed by atoms with E-state index in [1.54, 1.807) is 11.8 Å². The van der Waals surface area contributed by atoms with Gasteiger partial charge in [-0.1, -0.05) is 43.2 Å². The van der Waals surface area contributed by atoms with Gasteiger partial charge in [0.05, 0.1) is 11.8 Å². The molecule has 1 aliphatic carbocycles. The van der Waals surface area contributed by atoms with Gasteiger partial charge in [-0.3, -0.25) is 0 Å². The molecule has 72 valence electrons. The maximum absolute atomic E-state index is 8.38. The van der Waals surface area contributed by atoms with Crippen LogP contribution in [-0.4, -0.2) is 14.5 Å². The number of rotatable bonds is 2. The second kappa shape index (κ2) is 6.69. The molecular formula is C9H13NS3. The van der Waals surface area contributed by atoms with Crippen molar-refractivity contribution in [1.82, 2.24) is 0 Å². The normalized spacial score (nSPS) is 18.1. The van der Waals surface area contributed by atoms with Gasteiger partial charge in [0.15, 0.2) is 0 Å². The molecule has 0 aromatic rings. The van der Waals surface area contributed by atoms with Gasteiger partial charge in [-0.15, -0.1) is 11.8 Å². The van der Waals surface area contributed by atoms with Gasteiger partial charge in [0, 0.05) is 5.25 Å². The maximum Gasteiger partial charge on any atom is 0.105 e. The zero-order valence-corrected chi connectivity index (χ0v) is 9.94. The van der Waals surface area contributed by atoms with Crippen LogP contribution in [-0.2, 0) is 0 Å². The van der Waals surface area contributed by atoms with E-state index < -0.39 is 0 Å². The minimum absolute atomic E-state index is 0.499. The van der Waals surface area contributed by atoms with Crippen LogP contribution in [0.5, 0.6) is 0 Å². The van der Waals surface area contributed by atoms with Crippen molar-refractivity contribution in [3.63, 3.8) is 0 Å². The minimum atomic E-state index is 0.499. The molecule has 1 nitrogen and oxygen atoms in total. The summed E-state index contributed by atoms with van der Waals surface area (Å²) in [5, 5.41) is 9.11. The molecule has 13 heavy (non-hydrogen) atoms. The third-order valence-corrected chi connectivity index (χ3v) is 4.86. The molecule has 0 unspecified atom stereocenters. The lowest BCUT2D eigenvalue weighted by molar-refractivity contribution is 0.517. The average molecular weight is 231 g/mol. The van der Waals surface area contributed by atoms with Crippen LogP contribution in [0.3, 0.4) is 0 Å². The summed E-state index contributed by atoms with van der Waals surface area (Å²) in [5.41, 5.74) is 0. The van der Waals surface area contributed by atoms with Crippen LogP contribution in [0.15, 0.2) is 0 Å². The number of hydrogen-bond donors (Lipinski definition) is 0. The van der Waals surface area contributed by atoms with Crippen molar-refractivity contribution in [1.29, 1.82) is 5.26 Å². The Morgan fingerprint density at radius 1 is 1.38 bits per heavy atom. The van der Waals surface area contributed by atoms with Gasteiger partial charge in [-0.05, 0) is 12.8 Å². The van der Waals surface area contributed by atoms with E-state index in [0.29, 0.717) is 5.75 Å². The standard InChI is InChI=1S/C9H13NS3/c10-6-7-12-9(11)13-8-4-2-1-3-5-8/h8H,1-5,7H2. The maximum atomic E-state index is 8.38. The predicted molar refractivity (Wildman–Crippen MR) is 65.1 cm³/mol. The smallest absolute Gasteiger partial charge is 0.105 e. The quantitative estimate of drug-likeness (QED) is 0.678. The third kappa shape index (κ3) is 4.90. The van der Waals surface area contributed by atoms with Gasteiger partial charge in [0.1, 0.15) is 3.53 Å². The topological polar surface area (TPSA) is 23.8 Å². The summed E-state index contributed by atoms with van der Waals surface area (Å²) >= 11 is 8.48. The Morgan fingerprint density at radius 3 is 2.69 bits per heavy atom. The van der Waals surface area contributed by atoms with E-state index in [2.05, 4.69) is 6.07 Å². The number of nitrogens with zero attached hydrogens (tertiary/aromatic N) is 1. The van der Waals surface area contributed by atoms with Crippen molar-refractivity contribution in [3.05, 3.63) is 0 Å². The van der Waals surface area contributed by atoms with Crippen LogP contribution in [0.4, 0.5) is 0 Å². The Hall–Kier alpha value is 0.280. The van der Waals surface area contributed by atoms with E-state index in [0.717, 1.165) is 8.78 Å². The summed E-state index contributed by atoms with van der Waals surface area (Å²) in [6.45, 7) is 0. The summed E-state index contributed by atoms with van der Waals surface area (Å²) in [6.07, 6.45) is 6.69. The fraction of sp³-hybridized carbons (Fsp3) is 0.778. The first-order valence-electron chi connectivity index (χ1n) is 4.53. The molecule has 0 bridgehead atoms. The fourth-order valence-corrected chi connectivity index (χ4v) is 3.91. The summed E-state index contributed by atoms with van der Waals surface area (Å²) in [7, 11) is 0. The summed E-state index contributed by atoms with van der Waals surface area (Å²) < 4.78 is 0.952. The lowest BCUT2D eigenvalue weighted by Crippen LogP contribution is -2.09. The predicted octanol–water partition coefficient (Wildman–Crippen LogP) is 3.59. The zero-order chi connectivity index (χ0) is 9.52. The van der Waals surface area contributed by atoms with E-state index in [1.807, 2.05) is 0 Å². The highest BCUT2D eigenvalue weighted by molar-refractivity contribution is 8.47. The lowest BCUT2D eigenvalue weighted by atomic mass is 10.0. The molecule has 0 aromatic heterocycles. The van der Waals surface area contributed by atoms with Crippen LogP contribution in [0.25, 0.3) is 0 Å². The van der Waals surface area contributed by atoms with Crippen LogP contribution in [0, 0.1) is 11.3 Å². The van der Waals surface area contributed by atoms with Gasteiger partial charge in [0.25, 0.3) is 0 Å². The summed E-state index contributed by atoms with van der Waals surface area (Å²) in [4.78, 5) is 0. The van der Waals surface area contributed by atoms with E-state index in [4.69, 9.17) is 17.5 Å². The highest BCUT2D eigenvalue weighted by Gasteiger charge is 2.15. The van der Waals surface area contributed by atoms with Crippen molar-refractivity contribution in [2.45, 2.75) is 37.4 Å². The van der Waals surface area contributed by atoms with E-state index in [9.17, 15) is 0 Å². The molecule has 0 radical (unpaired) electrons. The molecule has 4 heteroatoms. The third-order valence-electron chi connectivity index (χ3n) is 2.07. The van der Waals surface area contributed by atoms with Crippen molar-refractivity contribution >= 4 is 39.3 Å². The lowest BCUT2D eigenvalue weighted by Gasteiger charge is -2.20. The highest BCUT2D eigenvalue weighted by Crippen LogP contribution is 2.32. The molecule has 0 aliphatic heterocycles. The molecule has 0 aromatic carbocycles. The van der Waals surface area contributed by atoms with Crippen molar-refractivity contribution < 1.29 is 0 Å². The Bertz CT molecular complexity index is 203. The van der Waals surface area contributed by atoms with Crippen LogP contribution in [0.2, 0.25) is 0 Å². The molecule has 1 aliphatic rings. The first-order chi connectivity index (χ1) is 6.33. The molecule has 0 saturated heterocycles. The van der Waals surface area contributed by atoms with Crippen molar-refractivity contribution in [3.8, 4) is 6.07 Å². The highest BCUT2D eigenvalue weighted by atomic mass is 32.2. The Balaban J connectivity index is 2.15. The van der Waals surface area contributed by atoms with Gasteiger partial charge in [-0.2, -0.15) is 5.26 Å². The molecule has 0 atom stereocenters. The monoisotopic (exact) mass is 231 g/mol. The SMILES string of the molecule is N#CCSC(=S)SC1CCCCC1. The largest absolute Gasteiger partial charge is 0.197 e. The number of hydrogen-bond acceptors (Lipinski definition) is 4. The molecule has 1 rings (SSSR count). The van der Waals surface area contributed by atoms with E-state index in [-0.39, 0.29) is 0 Å². The Kier molecular flexibility index (Phi) is 5.85. The van der Waals surface area contributed by atoms with Crippen molar-refractivity contribution in [2.24, 2.45) is 0 Å². The molecule has 1 fully saturated rings. The molecule has 0 N–H and O–H groups in total. The average Bonchev–Trinajstić information content (AvgIpc) is 2.16. The second-order valence-corrected chi connectivity index (χ2v) is 6.55. The van der Waals surface area contributed by atoms with Crippen LogP contribution < -0.4 is 0 Å². The second-order valence-electron chi connectivity index (χ2n) is 3.07. The van der Waals surface area contributed by atoms with E-state index in [1.165, 1.54) is 43.9 Å². The Morgan fingerprint density at radius 2 is 2.08 bits per heavy atom. The molecule has 1 saturated carbocycles. The van der Waals surface area contributed by atoms with Gasteiger partial charge in [0.2, 0.25) is 0 Å². The fourth-order valence-electron chi connectivity index (χ4n) is 1.44. The number of thiocarbonyl (C=S) groups is 1.